The number of carbonyl (C=O) groups is 2. The Morgan fingerprint density at radius 1 is 1.10 bits per heavy atom. The summed E-state index contributed by atoms with van der Waals surface area (Å²) in [4.78, 5) is 29.4. The number of benzene rings is 2. The number of amides is 1. The lowest BCUT2D eigenvalue weighted by molar-refractivity contribution is -0.125. The van der Waals surface area contributed by atoms with Gasteiger partial charge in [0.05, 0.1) is 16.8 Å². The fraction of sp³-hybridized carbons (Fsp3) is 0.261. The number of fused-ring (bicyclic) bond motifs is 1. The van der Waals surface area contributed by atoms with Crippen molar-refractivity contribution < 1.29 is 18.7 Å². The van der Waals surface area contributed by atoms with Crippen molar-refractivity contribution in [2.45, 2.75) is 32.7 Å². The molecule has 3 aromatic rings. The summed E-state index contributed by atoms with van der Waals surface area (Å²) in [5, 5.41) is 3.45. The second-order valence-corrected chi connectivity index (χ2v) is 7.44. The number of rotatable bonds is 6. The molecule has 0 radical (unpaired) electrons. The predicted molar refractivity (Wildman–Crippen MR) is 110 cm³/mol. The van der Waals surface area contributed by atoms with Gasteiger partial charge in [-0.2, -0.15) is 0 Å². The molecule has 1 N–H and O–H groups in total. The zero-order valence-corrected chi connectivity index (χ0v) is 16.7. The van der Waals surface area contributed by atoms with Gasteiger partial charge in [-0.15, -0.1) is 0 Å². The summed E-state index contributed by atoms with van der Waals surface area (Å²) < 4.78 is 18.5. The van der Waals surface area contributed by atoms with Crippen LogP contribution in [0.5, 0.6) is 0 Å². The maximum Gasteiger partial charge on any atom is 0.339 e. The first-order valence-corrected chi connectivity index (χ1v) is 9.43. The minimum absolute atomic E-state index is 0.303. The quantitative estimate of drug-likeness (QED) is 0.625. The normalized spacial score (nSPS) is 11.3. The molecule has 6 heteroatoms. The lowest BCUT2D eigenvalue weighted by Gasteiger charge is -2.24. The van der Waals surface area contributed by atoms with E-state index in [2.05, 4.69) is 10.3 Å². The molecular weight excluding hydrogens is 371 g/mol. The molecule has 3 rings (SSSR count). The second kappa shape index (κ2) is 8.39. The molecule has 1 amide bonds. The van der Waals surface area contributed by atoms with Gasteiger partial charge < -0.3 is 10.1 Å². The van der Waals surface area contributed by atoms with Crippen molar-refractivity contribution in [2.24, 2.45) is 0 Å². The Morgan fingerprint density at radius 2 is 1.79 bits per heavy atom. The Bertz CT molecular complexity index is 1050. The summed E-state index contributed by atoms with van der Waals surface area (Å²) in [6.45, 7) is 5.40. The fourth-order valence-electron chi connectivity index (χ4n) is 2.82. The molecule has 0 aliphatic heterocycles. The number of nitrogens with one attached hydrogen (secondary N) is 1. The van der Waals surface area contributed by atoms with E-state index in [0.717, 1.165) is 6.42 Å². The minimum Gasteiger partial charge on any atom is -0.452 e. The van der Waals surface area contributed by atoms with Crippen LogP contribution in [0.4, 0.5) is 4.39 Å². The van der Waals surface area contributed by atoms with Crippen LogP contribution in [0.1, 0.15) is 37.6 Å². The maximum absolute atomic E-state index is 13.2. The lowest BCUT2D eigenvalue weighted by Crippen LogP contribution is -2.44. The molecule has 5 nitrogen and oxygen atoms in total. The van der Waals surface area contributed by atoms with Crippen molar-refractivity contribution >= 4 is 22.8 Å². The fourth-order valence-corrected chi connectivity index (χ4v) is 2.82. The Kier molecular flexibility index (Phi) is 5.92. The number of aromatic nitrogens is 1. The van der Waals surface area contributed by atoms with E-state index in [1.165, 1.54) is 12.1 Å². The highest BCUT2D eigenvalue weighted by molar-refractivity contribution is 6.05. The minimum atomic E-state index is -0.614. The summed E-state index contributed by atoms with van der Waals surface area (Å²) in [7, 11) is 0. The molecule has 1 aromatic heterocycles. The number of pyridine rings is 1. The van der Waals surface area contributed by atoms with Crippen molar-refractivity contribution in [3.8, 4) is 11.3 Å². The number of esters is 1. The van der Waals surface area contributed by atoms with Gasteiger partial charge in [0.1, 0.15) is 5.82 Å². The van der Waals surface area contributed by atoms with E-state index < -0.39 is 5.97 Å². The Balaban J connectivity index is 1.88. The van der Waals surface area contributed by atoms with Crippen LogP contribution >= 0.6 is 0 Å². The van der Waals surface area contributed by atoms with Crippen LogP contribution in [0.15, 0.2) is 54.6 Å². The summed E-state index contributed by atoms with van der Waals surface area (Å²) in [5.41, 5.74) is 1.74. The van der Waals surface area contributed by atoms with E-state index in [-0.39, 0.29) is 23.9 Å². The third-order valence-electron chi connectivity index (χ3n) is 4.77. The molecule has 0 aliphatic carbocycles. The molecule has 29 heavy (non-hydrogen) atoms. The molecule has 0 aliphatic rings. The molecule has 0 saturated heterocycles. The van der Waals surface area contributed by atoms with Crippen LogP contribution in [-0.2, 0) is 9.53 Å². The number of carbonyl (C=O) groups excluding carboxylic acids is 2. The van der Waals surface area contributed by atoms with Gasteiger partial charge in [0.15, 0.2) is 6.61 Å². The van der Waals surface area contributed by atoms with Crippen LogP contribution in [-0.4, -0.2) is 29.0 Å². The largest absolute Gasteiger partial charge is 0.452 e. The summed E-state index contributed by atoms with van der Waals surface area (Å²) in [6, 6.07) is 14.7. The van der Waals surface area contributed by atoms with Crippen LogP contribution in [0.2, 0.25) is 0 Å². The second-order valence-electron chi connectivity index (χ2n) is 7.44. The zero-order chi connectivity index (χ0) is 21.0. The lowest BCUT2D eigenvalue weighted by atomic mass is 10.0. The van der Waals surface area contributed by atoms with Crippen LogP contribution in [0.3, 0.4) is 0 Å². The number of para-hydroxylation sites is 1. The Morgan fingerprint density at radius 3 is 2.48 bits per heavy atom. The SMILES string of the molecule is CCC(C)(C)NC(=O)COC(=O)c1cc(-c2ccc(F)cc2)nc2ccccc12. The topological polar surface area (TPSA) is 68.3 Å². The van der Waals surface area contributed by atoms with Crippen molar-refractivity contribution in [3.63, 3.8) is 0 Å². The molecule has 0 bridgehead atoms. The molecule has 0 spiro atoms. The number of ether oxygens (including phenoxy) is 1. The highest BCUT2D eigenvalue weighted by Crippen LogP contribution is 2.25. The van der Waals surface area contributed by atoms with Crippen molar-refractivity contribution in [3.05, 3.63) is 66.0 Å². The van der Waals surface area contributed by atoms with Crippen molar-refractivity contribution in [1.82, 2.24) is 10.3 Å². The highest BCUT2D eigenvalue weighted by atomic mass is 19.1. The highest BCUT2D eigenvalue weighted by Gasteiger charge is 2.20. The average Bonchev–Trinajstić information content (AvgIpc) is 2.71. The van der Waals surface area contributed by atoms with E-state index in [1.54, 1.807) is 36.4 Å². The molecular formula is C23H23FN2O3. The van der Waals surface area contributed by atoms with E-state index in [4.69, 9.17) is 4.74 Å². The van der Waals surface area contributed by atoms with Gasteiger partial charge in [0, 0.05) is 16.5 Å². The van der Waals surface area contributed by atoms with Crippen LogP contribution in [0.25, 0.3) is 22.2 Å². The van der Waals surface area contributed by atoms with E-state index >= 15 is 0 Å². The zero-order valence-electron chi connectivity index (χ0n) is 16.7. The molecule has 150 valence electrons. The summed E-state index contributed by atoms with van der Waals surface area (Å²) >= 11 is 0. The van der Waals surface area contributed by atoms with Gasteiger partial charge in [-0.3, -0.25) is 4.79 Å². The molecule has 2 aromatic carbocycles. The first-order valence-electron chi connectivity index (χ1n) is 9.43. The van der Waals surface area contributed by atoms with Crippen molar-refractivity contribution in [1.29, 1.82) is 0 Å². The standard InChI is InChI=1S/C23H23FN2O3/c1-4-23(2,3)26-21(27)14-29-22(28)18-13-20(15-9-11-16(24)12-10-15)25-19-8-6-5-7-17(18)19/h5-13H,4,14H2,1-3H3,(H,26,27). The summed E-state index contributed by atoms with van der Waals surface area (Å²) in [6.07, 6.45) is 0.753. The van der Waals surface area contributed by atoms with Gasteiger partial charge in [0.2, 0.25) is 0 Å². The van der Waals surface area contributed by atoms with Crippen molar-refractivity contribution in [2.75, 3.05) is 6.61 Å². The predicted octanol–water partition coefficient (Wildman–Crippen LogP) is 4.50. The smallest absolute Gasteiger partial charge is 0.339 e. The van der Waals surface area contributed by atoms with Crippen LogP contribution in [0, 0.1) is 5.82 Å². The monoisotopic (exact) mass is 394 g/mol. The number of halogens is 1. The number of nitrogens with zero attached hydrogens (tertiary/aromatic N) is 1. The first kappa shape index (κ1) is 20.5. The van der Waals surface area contributed by atoms with Gasteiger partial charge >= 0.3 is 5.97 Å². The molecule has 0 saturated carbocycles. The molecule has 0 unspecified atom stereocenters. The van der Waals surface area contributed by atoms with E-state index in [9.17, 15) is 14.0 Å². The number of hydrogen-bond donors (Lipinski definition) is 1. The molecule has 0 fully saturated rings. The summed E-state index contributed by atoms with van der Waals surface area (Å²) in [5.74, 6) is -1.33. The van der Waals surface area contributed by atoms with Crippen LogP contribution < -0.4 is 5.32 Å². The molecule has 0 atom stereocenters. The Labute approximate surface area is 168 Å². The van der Waals surface area contributed by atoms with Gasteiger partial charge in [-0.1, -0.05) is 25.1 Å². The third-order valence-corrected chi connectivity index (χ3v) is 4.77. The van der Waals surface area contributed by atoms with Gasteiger partial charge in [-0.05, 0) is 56.7 Å². The maximum atomic E-state index is 13.2. The third kappa shape index (κ3) is 4.96. The van der Waals surface area contributed by atoms with Gasteiger partial charge in [0.25, 0.3) is 5.91 Å². The molecule has 1 heterocycles. The van der Waals surface area contributed by atoms with E-state index in [0.29, 0.717) is 27.7 Å². The number of hydrogen-bond acceptors (Lipinski definition) is 4. The first-order chi connectivity index (χ1) is 13.8. The Hall–Kier alpha value is -3.28. The van der Waals surface area contributed by atoms with Gasteiger partial charge in [-0.25, -0.2) is 14.2 Å². The average molecular weight is 394 g/mol. The van der Waals surface area contributed by atoms with E-state index in [1.807, 2.05) is 26.8 Å².